The zero-order chi connectivity index (χ0) is 15.9. The Bertz CT molecular complexity index is 667. The zero-order valence-electron chi connectivity index (χ0n) is 12.5. The van der Waals surface area contributed by atoms with Crippen molar-refractivity contribution in [3.8, 4) is 5.75 Å². The summed E-state index contributed by atoms with van der Waals surface area (Å²) in [5.41, 5.74) is 1.65. The maximum Gasteiger partial charge on any atom is 0.261 e. The van der Waals surface area contributed by atoms with Crippen molar-refractivity contribution >= 4 is 23.2 Å². The van der Waals surface area contributed by atoms with E-state index in [-0.39, 0.29) is 11.8 Å². The number of carbonyl (C=O) groups is 2. The van der Waals surface area contributed by atoms with E-state index in [4.69, 9.17) is 4.74 Å². The number of nitrogens with one attached hydrogen (secondary N) is 2. The van der Waals surface area contributed by atoms with Crippen LogP contribution in [0.2, 0.25) is 0 Å². The highest BCUT2D eigenvalue weighted by Gasteiger charge is 2.09. The Labute approximate surface area is 133 Å². The lowest BCUT2D eigenvalue weighted by Gasteiger charge is -2.07. The molecule has 0 unspecified atom stereocenters. The van der Waals surface area contributed by atoms with Crippen molar-refractivity contribution < 1.29 is 14.3 Å². The molecule has 0 aliphatic rings. The van der Waals surface area contributed by atoms with Gasteiger partial charge in [0.25, 0.3) is 11.8 Å². The van der Waals surface area contributed by atoms with Crippen LogP contribution in [0.25, 0.3) is 0 Å². The maximum atomic E-state index is 11.9. The monoisotopic (exact) mass is 318 g/mol. The van der Waals surface area contributed by atoms with Crippen LogP contribution < -0.4 is 15.4 Å². The molecule has 2 rings (SSSR count). The van der Waals surface area contributed by atoms with Crippen molar-refractivity contribution in [1.29, 1.82) is 0 Å². The second kappa shape index (κ2) is 7.61. The molecule has 22 heavy (non-hydrogen) atoms. The fourth-order valence-electron chi connectivity index (χ4n) is 1.87. The van der Waals surface area contributed by atoms with Crippen LogP contribution in [0, 0.1) is 6.92 Å². The van der Waals surface area contributed by atoms with Crippen LogP contribution >= 0.6 is 11.3 Å². The van der Waals surface area contributed by atoms with Gasteiger partial charge in [-0.1, -0.05) is 17.7 Å². The van der Waals surface area contributed by atoms with E-state index in [1.807, 2.05) is 25.1 Å². The third-order valence-corrected chi connectivity index (χ3v) is 3.92. The Kier molecular flexibility index (Phi) is 5.55. The van der Waals surface area contributed by atoms with Gasteiger partial charge in [-0.25, -0.2) is 0 Å². The van der Waals surface area contributed by atoms with Crippen LogP contribution in [0.1, 0.15) is 25.6 Å². The van der Waals surface area contributed by atoms with Crippen LogP contribution in [0.5, 0.6) is 5.75 Å². The first-order chi connectivity index (χ1) is 10.6. The molecule has 0 fully saturated rings. The van der Waals surface area contributed by atoms with Gasteiger partial charge < -0.3 is 15.4 Å². The summed E-state index contributed by atoms with van der Waals surface area (Å²) in [5, 5.41) is 7.30. The maximum absolute atomic E-state index is 11.9. The highest BCUT2D eigenvalue weighted by molar-refractivity contribution is 7.12. The van der Waals surface area contributed by atoms with Crippen molar-refractivity contribution in [2.75, 3.05) is 20.2 Å². The standard InChI is InChI=1S/C16H18N2O3S/c1-11-4-3-5-12(8-11)15(19)17-6-7-18-16(20)14-9-13(21-2)10-22-14/h3-5,8-10H,6-7H2,1-2H3,(H,17,19)(H,18,20). The summed E-state index contributed by atoms with van der Waals surface area (Å²) < 4.78 is 5.03. The highest BCUT2D eigenvalue weighted by Crippen LogP contribution is 2.20. The molecule has 0 saturated carbocycles. The first-order valence-corrected chi connectivity index (χ1v) is 7.73. The minimum Gasteiger partial charge on any atom is -0.496 e. The van der Waals surface area contributed by atoms with E-state index >= 15 is 0 Å². The van der Waals surface area contributed by atoms with E-state index in [1.165, 1.54) is 11.3 Å². The second-order valence-corrected chi connectivity index (χ2v) is 5.64. The molecule has 0 bridgehead atoms. The Morgan fingerprint density at radius 2 is 1.86 bits per heavy atom. The van der Waals surface area contributed by atoms with Gasteiger partial charge in [-0.15, -0.1) is 11.3 Å². The second-order valence-electron chi connectivity index (χ2n) is 4.73. The third kappa shape index (κ3) is 4.33. The summed E-state index contributed by atoms with van der Waals surface area (Å²) in [7, 11) is 1.56. The van der Waals surface area contributed by atoms with Gasteiger partial charge in [-0.05, 0) is 19.1 Å². The average molecular weight is 318 g/mol. The van der Waals surface area contributed by atoms with Crippen molar-refractivity contribution in [1.82, 2.24) is 10.6 Å². The summed E-state index contributed by atoms with van der Waals surface area (Å²) in [5.74, 6) is 0.358. The van der Waals surface area contributed by atoms with Gasteiger partial charge in [0.1, 0.15) is 5.75 Å². The van der Waals surface area contributed by atoms with E-state index in [0.717, 1.165) is 5.56 Å². The molecule has 0 aliphatic carbocycles. The van der Waals surface area contributed by atoms with Gasteiger partial charge in [0, 0.05) is 30.1 Å². The van der Waals surface area contributed by atoms with Crippen LogP contribution in [0.4, 0.5) is 0 Å². The topological polar surface area (TPSA) is 67.4 Å². The minimum absolute atomic E-state index is 0.143. The van der Waals surface area contributed by atoms with Crippen molar-refractivity contribution in [2.45, 2.75) is 6.92 Å². The predicted octanol–water partition coefficient (Wildman–Crippen LogP) is 2.22. The van der Waals surface area contributed by atoms with E-state index in [9.17, 15) is 9.59 Å². The van der Waals surface area contributed by atoms with Crippen molar-refractivity contribution in [3.63, 3.8) is 0 Å². The molecule has 6 heteroatoms. The SMILES string of the molecule is COc1csc(C(=O)NCCNC(=O)c2cccc(C)c2)c1. The number of hydrogen-bond acceptors (Lipinski definition) is 4. The van der Waals surface area contributed by atoms with Gasteiger partial charge in [0.05, 0.1) is 12.0 Å². The van der Waals surface area contributed by atoms with Gasteiger partial charge in [0.2, 0.25) is 0 Å². The molecule has 2 aromatic rings. The van der Waals surface area contributed by atoms with E-state index in [1.54, 1.807) is 24.6 Å². The number of hydrogen-bond donors (Lipinski definition) is 2. The van der Waals surface area contributed by atoms with Crippen LogP contribution in [0.15, 0.2) is 35.7 Å². The number of ether oxygens (including phenoxy) is 1. The number of carbonyl (C=O) groups excluding carboxylic acids is 2. The molecule has 2 amide bonds. The molecule has 116 valence electrons. The lowest BCUT2D eigenvalue weighted by molar-refractivity contribution is 0.0929. The third-order valence-electron chi connectivity index (χ3n) is 3.01. The molecule has 5 nitrogen and oxygen atoms in total. The lowest BCUT2D eigenvalue weighted by Crippen LogP contribution is -2.34. The number of methoxy groups -OCH3 is 1. The van der Waals surface area contributed by atoms with Crippen LogP contribution in [-0.4, -0.2) is 32.0 Å². The number of aryl methyl sites for hydroxylation is 1. The van der Waals surface area contributed by atoms with E-state index in [2.05, 4.69) is 10.6 Å². The molecule has 0 radical (unpaired) electrons. The summed E-state index contributed by atoms with van der Waals surface area (Å²) >= 11 is 1.32. The lowest BCUT2D eigenvalue weighted by atomic mass is 10.1. The molecule has 1 aromatic carbocycles. The first-order valence-electron chi connectivity index (χ1n) is 6.85. The zero-order valence-corrected chi connectivity index (χ0v) is 13.3. The van der Waals surface area contributed by atoms with Gasteiger partial charge in [-0.2, -0.15) is 0 Å². The number of rotatable bonds is 6. The molecular weight excluding hydrogens is 300 g/mol. The van der Waals surface area contributed by atoms with Crippen LogP contribution in [-0.2, 0) is 0 Å². The molecular formula is C16H18N2O3S. The Morgan fingerprint density at radius 1 is 1.14 bits per heavy atom. The van der Waals surface area contributed by atoms with Gasteiger partial charge in [-0.3, -0.25) is 9.59 Å². The summed E-state index contributed by atoms with van der Waals surface area (Å²) in [4.78, 5) is 24.4. The van der Waals surface area contributed by atoms with Crippen molar-refractivity contribution in [2.24, 2.45) is 0 Å². The van der Waals surface area contributed by atoms with Crippen LogP contribution in [0.3, 0.4) is 0 Å². The van der Waals surface area contributed by atoms with E-state index in [0.29, 0.717) is 29.3 Å². The molecule has 0 atom stereocenters. The van der Waals surface area contributed by atoms with Gasteiger partial charge in [0.15, 0.2) is 0 Å². The fraction of sp³-hybridized carbons (Fsp3) is 0.250. The highest BCUT2D eigenvalue weighted by atomic mass is 32.1. The predicted molar refractivity (Wildman–Crippen MR) is 86.7 cm³/mol. The Morgan fingerprint density at radius 3 is 2.50 bits per heavy atom. The Hall–Kier alpha value is -2.34. The van der Waals surface area contributed by atoms with Crippen molar-refractivity contribution in [3.05, 3.63) is 51.7 Å². The minimum atomic E-state index is -0.168. The van der Waals surface area contributed by atoms with Gasteiger partial charge >= 0.3 is 0 Å². The molecule has 1 heterocycles. The molecule has 0 spiro atoms. The molecule has 2 N–H and O–H groups in total. The summed E-state index contributed by atoms with van der Waals surface area (Å²) in [6, 6.07) is 9.05. The number of thiophene rings is 1. The first kappa shape index (κ1) is 16.0. The molecule has 1 aromatic heterocycles. The quantitative estimate of drug-likeness (QED) is 0.803. The van der Waals surface area contributed by atoms with E-state index < -0.39 is 0 Å². The smallest absolute Gasteiger partial charge is 0.261 e. The number of benzene rings is 1. The molecule has 0 saturated heterocycles. The average Bonchev–Trinajstić information content (AvgIpc) is 3.00. The molecule has 0 aliphatic heterocycles. The largest absolute Gasteiger partial charge is 0.496 e. The Balaban J connectivity index is 1.75. The normalized spacial score (nSPS) is 10.1. The number of amides is 2. The summed E-state index contributed by atoms with van der Waals surface area (Å²) in [6.45, 7) is 2.68. The summed E-state index contributed by atoms with van der Waals surface area (Å²) in [6.07, 6.45) is 0. The fourth-order valence-corrected chi connectivity index (χ4v) is 2.64.